The van der Waals surface area contributed by atoms with Crippen molar-refractivity contribution < 1.29 is 4.79 Å². The highest BCUT2D eigenvalue weighted by molar-refractivity contribution is 5.97. The number of hydrogen-bond acceptors (Lipinski definition) is 3. The van der Waals surface area contributed by atoms with Gasteiger partial charge < -0.3 is 11.1 Å². The van der Waals surface area contributed by atoms with Crippen molar-refractivity contribution in [3.63, 3.8) is 0 Å². The number of nitrogens with zero attached hydrogens (tertiary/aromatic N) is 1. The number of carbonyl (C=O) groups excluding carboxylic acids is 1. The smallest absolute Gasteiger partial charge is 0.231 e. The molecule has 1 saturated carbocycles. The van der Waals surface area contributed by atoms with Gasteiger partial charge >= 0.3 is 0 Å². The van der Waals surface area contributed by atoms with E-state index in [1.165, 1.54) is 0 Å². The van der Waals surface area contributed by atoms with Gasteiger partial charge in [-0.05, 0) is 31.9 Å². The fourth-order valence-corrected chi connectivity index (χ4v) is 3.06. The molecule has 21 heavy (non-hydrogen) atoms. The fourth-order valence-electron chi connectivity index (χ4n) is 3.06. The standard InChI is InChI=1S/C17H21N3O/c1-17(9-5-4-8-15(17)18)16(21)20-13-10-12-6-2-3-7-14(12)19-11-13/h2-3,6-7,10-11,15H,4-5,8-9,18H2,1H3,(H,20,21). The molecule has 0 aliphatic heterocycles. The predicted octanol–water partition coefficient (Wildman–Crippen LogP) is 3.08. The molecule has 2 atom stereocenters. The van der Waals surface area contributed by atoms with Crippen LogP contribution in [0.15, 0.2) is 36.5 Å². The van der Waals surface area contributed by atoms with Crippen LogP contribution in [0.25, 0.3) is 10.9 Å². The SMILES string of the molecule is CC1(C(=O)Nc2cnc3ccccc3c2)CCCCC1N. The second-order valence-corrected chi connectivity index (χ2v) is 6.14. The van der Waals surface area contributed by atoms with E-state index in [0.29, 0.717) is 0 Å². The second-order valence-electron chi connectivity index (χ2n) is 6.14. The van der Waals surface area contributed by atoms with E-state index in [4.69, 9.17) is 5.73 Å². The molecule has 1 aromatic carbocycles. The van der Waals surface area contributed by atoms with Crippen LogP contribution >= 0.6 is 0 Å². The summed E-state index contributed by atoms with van der Waals surface area (Å²) in [5, 5.41) is 4.01. The maximum atomic E-state index is 12.6. The van der Waals surface area contributed by atoms with Gasteiger partial charge in [-0.3, -0.25) is 9.78 Å². The molecule has 1 amide bonds. The van der Waals surface area contributed by atoms with Crippen LogP contribution in [0.5, 0.6) is 0 Å². The van der Waals surface area contributed by atoms with Crippen LogP contribution in [-0.2, 0) is 4.79 Å². The largest absolute Gasteiger partial charge is 0.327 e. The number of pyridine rings is 1. The van der Waals surface area contributed by atoms with Crippen LogP contribution in [0.1, 0.15) is 32.6 Å². The third-order valence-corrected chi connectivity index (χ3v) is 4.65. The first-order valence-electron chi connectivity index (χ1n) is 7.51. The summed E-state index contributed by atoms with van der Waals surface area (Å²) in [4.78, 5) is 17.0. The lowest BCUT2D eigenvalue weighted by molar-refractivity contribution is -0.127. The molecular formula is C17H21N3O. The van der Waals surface area contributed by atoms with Crippen LogP contribution in [0.2, 0.25) is 0 Å². The highest BCUT2D eigenvalue weighted by Crippen LogP contribution is 2.36. The molecule has 4 heteroatoms. The third kappa shape index (κ3) is 2.63. The van der Waals surface area contributed by atoms with Crippen molar-refractivity contribution in [1.29, 1.82) is 0 Å². The molecule has 0 saturated heterocycles. The second kappa shape index (κ2) is 5.45. The summed E-state index contributed by atoms with van der Waals surface area (Å²) in [5.41, 5.74) is 7.36. The van der Waals surface area contributed by atoms with Crippen molar-refractivity contribution >= 4 is 22.5 Å². The Morgan fingerprint density at radius 1 is 1.38 bits per heavy atom. The molecule has 3 N–H and O–H groups in total. The van der Waals surface area contributed by atoms with Crippen LogP contribution in [-0.4, -0.2) is 16.9 Å². The van der Waals surface area contributed by atoms with E-state index < -0.39 is 5.41 Å². The third-order valence-electron chi connectivity index (χ3n) is 4.65. The molecule has 1 aliphatic carbocycles. The van der Waals surface area contributed by atoms with Gasteiger partial charge in [-0.15, -0.1) is 0 Å². The van der Waals surface area contributed by atoms with Crippen LogP contribution in [0.3, 0.4) is 0 Å². The average Bonchev–Trinajstić information content (AvgIpc) is 2.50. The minimum Gasteiger partial charge on any atom is -0.327 e. The fraction of sp³-hybridized carbons (Fsp3) is 0.412. The van der Waals surface area contributed by atoms with E-state index in [1.54, 1.807) is 6.20 Å². The number of aromatic nitrogens is 1. The monoisotopic (exact) mass is 283 g/mol. The Morgan fingerprint density at radius 3 is 3.00 bits per heavy atom. The van der Waals surface area contributed by atoms with Gasteiger partial charge in [0.05, 0.1) is 22.8 Å². The summed E-state index contributed by atoms with van der Waals surface area (Å²) in [6.45, 7) is 1.97. The number of hydrogen-bond donors (Lipinski definition) is 2. The first-order chi connectivity index (χ1) is 10.1. The van der Waals surface area contributed by atoms with Crippen LogP contribution in [0.4, 0.5) is 5.69 Å². The highest BCUT2D eigenvalue weighted by atomic mass is 16.2. The van der Waals surface area contributed by atoms with Crippen molar-refractivity contribution in [1.82, 2.24) is 4.98 Å². The number of rotatable bonds is 2. The Kier molecular flexibility index (Phi) is 3.64. The quantitative estimate of drug-likeness (QED) is 0.890. The van der Waals surface area contributed by atoms with Gasteiger partial charge in [0.1, 0.15) is 0 Å². The molecule has 1 aliphatic rings. The summed E-state index contributed by atoms with van der Waals surface area (Å²) >= 11 is 0. The Bertz CT molecular complexity index is 670. The Labute approximate surface area is 124 Å². The van der Waals surface area contributed by atoms with Crippen molar-refractivity contribution in [2.45, 2.75) is 38.6 Å². The van der Waals surface area contributed by atoms with Crippen molar-refractivity contribution in [2.75, 3.05) is 5.32 Å². The molecule has 2 aromatic rings. The zero-order valence-electron chi connectivity index (χ0n) is 12.3. The van der Waals surface area contributed by atoms with Gasteiger partial charge in [-0.2, -0.15) is 0 Å². The lowest BCUT2D eigenvalue weighted by Crippen LogP contribution is -2.49. The number of anilines is 1. The van der Waals surface area contributed by atoms with Gasteiger partial charge in [0.2, 0.25) is 5.91 Å². The van der Waals surface area contributed by atoms with Gasteiger partial charge in [0.25, 0.3) is 0 Å². The number of carbonyl (C=O) groups is 1. The van der Waals surface area contributed by atoms with Crippen LogP contribution in [0, 0.1) is 5.41 Å². The molecule has 1 fully saturated rings. The number of amides is 1. The van der Waals surface area contributed by atoms with E-state index >= 15 is 0 Å². The summed E-state index contributed by atoms with van der Waals surface area (Å²) in [5.74, 6) is 0.00628. The number of nitrogens with one attached hydrogen (secondary N) is 1. The van der Waals surface area contributed by atoms with E-state index in [-0.39, 0.29) is 11.9 Å². The number of benzene rings is 1. The topological polar surface area (TPSA) is 68.0 Å². The minimum atomic E-state index is -0.482. The van der Waals surface area contributed by atoms with Crippen molar-refractivity contribution in [2.24, 2.45) is 11.1 Å². The highest BCUT2D eigenvalue weighted by Gasteiger charge is 2.40. The molecule has 1 heterocycles. The maximum absolute atomic E-state index is 12.6. The molecule has 1 aromatic heterocycles. The number of fused-ring (bicyclic) bond motifs is 1. The van der Waals surface area contributed by atoms with Gasteiger partial charge in [-0.25, -0.2) is 0 Å². The number of para-hydroxylation sites is 1. The summed E-state index contributed by atoms with van der Waals surface area (Å²) in [6.07, 6.45) is 5.65. The summed E-state index contributed by atoms with van der Waals surface area (Å²) in [6, 6.07) is 9.76. The molecule has 3 rings (SSSR count). The van der Waals surface area contributed by atoms with Gasteiger partial charge in [0.15, 0.2) is 0 Å². The average molecular weight is 283 g/mol. The summed E-state index contributed by atoms with van der Waals surface area (Å²) < 4.78 is 0. The van der Waals surface area contributed by atoms with E-state index in [9.17, 15) is 4.79 Å². The van der Waals surface area contributed by atoms with Crippen molar-refractivity contribution in [3.05, 3.63) is 36.5 Å². The van der Waals surface area contributed by atoms with E-state index in [0.717, 1.165) is 42.3 Å². The van der Waals surface area contributed by atoms with Crippen LogP contribution < -0.4 is 11.1 Å². The molecule has 110 valence electrons. The molecule has 0 bridgehead atoms. The van der Waals surface area contributed by atoms with Crippen molar-refractivity contribution in [3.8, 4) is 0 Å². The van der Waals surface area contributed by atoms with Gasteiger partial charge in [0, 0.05) is 11.4 Å². The zero-order valence-corrected chi connectivity index (χ0v) is 12.3. The lowest BCUT2D eigenvalue weighted by Gasteiger charge is -2.37. The van der Waals surface area contributed by atoms with E-state index in [2.05, 4.69) is 10.3 Å². The Hall–Kier alpha value is -1.94. The number of nitrogens with two attached hydrogens (primary N) is 1. The first-order valence-corrected chi connectivity index (χ1v) is 7.51. The Balaban J connectivity index is 1.82. The molecule has 0 spiro atoms. The Morgan fingerprint density at radius 2 is 2.19 bits per heavy atom. The molecular weight excluding hydrogens is 262 g/mol. The predicted molar refractivity (Wildman–Crippen MR) is 84.9 cm³/mol. The lowest BCUT2D eigenvalue weighted by atomic mass is 9.71. The zero-order chi connectivity index (χ0) is 14.9. The minimum absolute atomic E-state index is 0.00628. The maximum Gasteiger partial charge on any atom is 0.231 e. The molecule has 2 unspecified atom stereocenters. The first kappa shape index (κ1) is 14.0. The normalized spacial score (nSPS) is 25.7. The van der Waals surface area contributed by atoms with E-state index in [1.807, 2.05) is 37.3 Å². The molecule has 4 nitrogen and oxygen atoms in total. The molecule has 0 radical (unpaired) electrons. The summed E-state index contributed by atoms with van der Waals surface area (Å²) in [7, 11) is 0. The van der Waals surface area contributed by atoms with Gasteiger partial charge in [-0.1, -0.05) is 31.0 Å².